The predicted octanol–water partition coefficient (Wildman–Crippen LogP) is -0.448. The van der Waals surface area contributed by atoms with E-state index in [0.29, 0.717) is 10.7 Å². The first-order valence-electron chi connectivity index (χ1n) is 5.85. The van der Waals surface area contributed by atoms with Crippen LogP contribution in [0.4, 0.5) is 5.69 Å². The largest absolute Gasteiger partial charge is 0.394 e. The third-order valence-corrected chi connectivity index (χ3v) is 3.27. The summed E-state index contributed by atoms with van der Waals surface area (Å²) in [7, 11) is 0. The smallest absolute Gasteiger partial charge is 0.157 e. The molecule has 5 atom stereocenters. The first-order valence-corrected chi connectivity index (χ1v) is 6.23. The van der Waals surface area contributed by atoms with Crippen molar-refractivity contribution in [1.82, 2.24) is 0 Å². The molecule has 0 unspecified atom stereocenters. The summed E-state index contributed by atoms with van der Waals surface area (Å²) < 4.78 is 5.32. The lowest BCUT2D eigenvalue weighted by Gasteiger charge is -2.19. The van der Waals surface area contributed by atoms with Crippen LogP contribution < -0.4 is 5.32 Å². The number of anilines is 1. The Kier molecular flexibility index (Phi) is 4.62. The zero-order valence-electron chi connectivity index (χ0n) is 9.98. The summed E-state index contributed by atoms with van der Waals surface area (Å²) in [5.74, 6) is 0. The van der Waals surface area contributed by atoms with Gasteiger partial charge in [-0.2, -0.15) is 0 Å². The fourth-order valence-electron chi connectivity index (χ4n) is 1.96. The highest BCUT2D eigenvalue weighted by molar-refractivity contribution is 6.30. The second-order valence-electron chi connectivity index (χ2n) is 4.40. The summed E-state index contributed by atoms with van der Waals surface area (Å²) in [5, 5.41) is 41.3. The van der Waals surface area contributed by atoms with E-state index in [1.54, 1.807) is 24.3 Å². The Morgan fingerprint density at radius 3 is 2.42 bits per heavy atom. The lowest BCUT2D eigenvalue weighted by atomic mass is 10.1. The zero-order chi connectivity index (χ0) is 14.0. The van der Waals surface area contributed by atoms with Gasteiger partial charge >= 0.3 is 0 Å². The molecule has 1 heterocycles. The molecule has 0 aliphatic carbocycles. The third kappa shape index (κ3) is 3.17. The number of aliphatic hydroxyl groups is 4. The van der Waals surface area contributed by atoms with Gasteiger partial charge in [0.05, 0.1) is 6.61 Å². The van der Waals surface area contributed by atoms with E-state index in [1.165, 1.54) is 0 Å². The molecule has 5 N–H and O–H groups in total. The molecular weight excluding hydrogens is 274 g/mol. The Labute approximate surface area is 115 Å². The van der Waals surface area contributed by atoms with Crippen molar-refractivity contribution in [3.63, 3.8) is 0 Å². The Morgan fingerprint density at radius 2 is 1.84 bits per heavy atom. The maximum absolute atomic E-state index is 9.83. The SMILES string of the molecule is OC[C@H](O)[C@@H]1O[C@H](Nc2ccc(Cl)cc2)[C@@H](O)[C@H]1O. The van der Waals surface area contributed by atoms with Gasteiger partial charge in [-0.05, 0) is 24.3 Å². The molecule has 0 radical (unpaired) electrons. The van der Waals surface area contributed by atoms with Crippen LogP contribution in [-0.2, 0) is 4.74 Å². The van der Waals surface area contributed by atoms with Crippen LogP contribution in [0.3, 0.4) is 0 Å². The third-order valence-electron chi connectivity index (χ3n) is 3.02. The molecule has 1 aromatic rings. The van der Waals surface area contributed by atoms with E-state index in [4.69, 9.17) is 21.4 Å². The summed E-state index contributed by atoms with van der Waals surface area (Å²) in [6.45, 7) is -0.553. The van der Waals surface area contributed by atoms with Crippen LogP contribution in [0.25, 0.3) is 0 Å². The molecule has 6 nitrogen and oxygen atoms in total. The number of halogens is 1. The summed E-state index contributed by atoms with van der Waals surface area (Å²) in [4.78, 5) is 0. The molecule has 0 spiro atoms. The van der Waals surface area contributed by atoms with Crippen LogP contribution >= 0.6 is 11.6 Å². The van der Waals surface area contributed by atoms with E-state index < -0.39 is 37.3 Å². The number of rotatable bonds is 4. The second-order valence-corrected chi connectivity index (χ2v) is 4.84. The molecule has 106 valence electrons. The number of benzene rings is 1. The maximum Gasteiger partial charge on any atom is 0.157 e. The Morgan fingerprint density at radius 1 is 1.21 bits per heavy atom. The maximum atomic E-state index is 9.83. The molecule has 19 heavy (non-hydrogen) atoms. The molecule has 1 saturated heterocycles. The van der Waals surface area contributed by atoms with Crippen LogP contribution in [-0.4, -0.2) is 57.7 Å². The van der Waals surface area contributed by atoms with Gasteiger partial charge < -0.3 is 30.5 Å². The number of nitrogens with one attached hydrogen (secondary N) is 1. The summed E-state index contributed by atoms with van der Waals surface area (Å²) >= 11 is 5.75. The Balaban J connectivity index is 2.03. The normalized spacial score (nSPS) is 32.3. The minimum atomic E-state index is -1.27. The van der Waals surface area contributed by atoms with Gasteiger partial charge in [0.25, 0.3) is 0 Å². The standard InChI is InChI=1S/C12H16ClNO5/c13-6-1-3-7(4-2-6)14-12-10(18)9(17)11(19-12)8(16)5-15/h1-4,8-12,14-18H,5H2/t8-,9+,10-,11-,12-/m0/s1. The minimum Gasteiger partial charge on any atom is -0.394 e. The van der Waals surface area contributed by atoms with E-state index in [0.717, 1.165) is 0 Å². The van der Waals surface area contributed by atoms with E-state index in [2.05, 4.69) is 5.32 Å². The number of hydrogen-bond donors (Lipinski definition) is 5. The quantitative estimate of drug-likeness (QED) is 0.515. The molecule has 1 fully saturated rings. The Bertz CT molecular complexity index is 415. The predicted molar refractivity (Wildman–Crippen MR) is 68.8 cm³/mol. The van der Waals surface area contributed by atoms with Crippen molar-refractivity contribution < 1.29 is 25.2 Å². The van der Waals surface area contributed by atoms with Crippen LogP contribution in [0, 0.1) is 0 Å². The Hall–Kier alpha value is -0.890. The molecular formula is C12H16ClNO5. The zero-order valence-corrected chi connectivity index (χ0v) is 10.7. The average Bonchev–Trinajstić information content (AvgIpc) is 2.69. The molecule has 1 aliphatic rings. The lowest BCUT2D eigenvalue weighted by molar-refractivity contribution is -0.0774. The van der Waals surface area contributed by atoms with Gasteiger partial charge in [0.1, 0.15) is 24.4 Å². The van der Waals surface area contributed by atoms with E-state index >= 15 is 0 Å². The molecule has 1 aliphatic heterocycles. The highest BCUT2D eigenvalue weighted by Gasteiger charge is 2.45. The van der Waals surface area contributed by atoms with Gasteiger partial charge in [-0.1, -0.05) is 11.6 Å². The van der Waals surface area contributed by atoms with Crippen molar-refractivity contribution in [2.24, 2.45) is 0 Å². The van der Waals surface area contributed by atoms with Crippen molar-refractivity contribution in [1.29, 1.82) is 0 Å². The highest BCUT2D eigenvalue weighted by Crippen LogP contribution is 2.25. The first-order chi connectivity index (χ1) is 9.02. The molecule has 0 amide bonds. The van der Waals surface area contributed by atoms with Crippen molar-refractivity contribution in [3.8, 4) is 0 Å². The monoisotopic (exact) mass is 289 g/mol. The second kappa shape index (κ2) is 6.04. The van der Waals surface area contributed by atoms with Gasteiger partial charge in [0.15, 0.2) is 6.23 Å². The highest BCUT2D eigenvalue weighted by atomic mass is 35.5. The lowest BCUT2D eigenvalue weighted by Crippen LogP contribution is -2.40. The number of ether oxygens (including phenoxy) is 1. The fourth-order valence-corrected chi connectivity index (χ4v) is 2.08. The fraction of sp³-hybridized carbons (Fsp3) is 0.500. The van der Waals surface area contributed by atoms with Gasteiger partial charge in [-0.15, -0.1) is 0 Å². The summed E-state index contributed by atoms with van der Waals surface area (Å²) in [5.41, 5.74) is 0.653. The molecule has 0 aromatic heterocycles. The molecule has 7 heteroatoms. The summed E-state index contributed by atoms with van der Waals surface area (Å²) in [6.07, 6.45) is -5.64. The van der Waals surface area contributed by atoms with Crippen molar-refractivity contribution in [3.05, 3.63) is 29.3 Å². The van der Waals surface area contributed by atoms with Gasteiger partial charge in [-0.3, -0.25) is 0 Å². The van der Waals surface area contributed by atoms with E-state index in [1.807, 2.05) is 0 Å². The molecule has 1 aromatic carbocycles. The summed E-state index contributed by atoms with van der Waals surface area (Å²) in [6, 6.07) is 6.73. The van der Waals surface area contributed by atoms with Crippen molar-refractivity contribution >= 4 is 17.3 Å². The number of aliphatic hydroxyl groups excluding tert-OH is 4. The molecule has 2 rings (SSSR count). The van der Waals surface area contributed by atoms with Gasteiger partial charge in [0, 0.05) is 10.7 Å². The minimum absolute atomic E-state index is 0.553. The average molecular weight is 290 g/mol. The van der Waals surface area contributed by atoms with Gasteiger partial charge in [-0.25, -0.2) is 0 Å². The van der Waals surface area contributed by atoms with Gasteiger partial charge in [0.2, 0.25) is 0 Å². The van der Waals surface area contributed by atoms with Crippen LogP contribution in [0.2, 0.25) is 5.02 Å². The van der Waals surface area contributed by atoms with Crippen LogP contribution in [0.5, 0.6) is 0 Å². The number of hydrogen-bond acceptors (Lipinski definition) is 6. The molecule has 0 saturated carbocycles. The van der Waals surface area contributed by atoms with E-state index in [-0.39, 0.29) is 0 Å². The van der Waals surface area contributed by atoms with Crippen molar-refractivity contribution in [2.45, 2.75) is 30.6 Å². The van der Waals surface area contributed by atoms with Crippen molar-refractivity contribution in [2.75, 3.05) is 11.9 Å². The van der Waals surface area contributed by atoms with E-state index in [9.17, 15) is 15.3 Å². The molecule has 0 bridgehead atoms. The van der Waals surface area contributed by atoms with Crippen LogP contribution in [0.15, 0.2) is 24.3 Å². The topological polar surface area (TPSA) is 102 Å². The first kappa shape index (κ1) is 14.5. The van der Waals surface area contributed by atoms with Crippen LogP contribution in [0.1, 0.15) is 0 Å².